The van der Waals surface area contributed by atoms with E-state index in [1.54, 1.807) is 0 Å². The van der Waals surface area contributed by atoms with Crippen molar-refractivity contribution < 1.29 is 4.79 Å². The molecule has 4 heteroatoms. The molecular weight excluding hydrogens is 304 g/mol. The van der Waals surface area contributed by atoms with Gasteiger partial charge in [0, 0.05) is 36.2 Å². The largest absolute Gasteiger partial charge is 0.385 e. The second kappa shape index (κ2) is 6.94. The van der Waals surface area contributed by atoms with Crippen LogP contribution in [0.2, 0.25) is 0 Å². The molecule has 0 spiro atoms. The molecule has 0 saturated carbocycles. The van der Waals surface area contributed by atoms with E-state index in [2.05, 4.69) is 28.2 Å². The first-order chi connectivity index (χ1) is 9.15. The predicted octanol–water partition coefficient (Wildman–Crippen LogP) is 3.51. The smallest absolute Gasteiger partial charge is 0.224 e. The number of benzene rings is 1. The van der Waals surface area contributed by atoms with Gasteiger partial charge < -0.3 is 10.2 Å². The molecule has 0 aliphatic carbocycles. The van der Waals surface area contributed by atoms with Crippen molar-refractivity contribution in [1.82, 2.24) is 4.90 Å². The minimum Gasteiger partial charge on any atom is -0.385 e. The van der Waals surface area contributed by atoms with E-state index in [4.69, 9.17) is 0 Å². The van der Waals surface area contributed by atoms with Crippen molar-refractivity contribution in [3.05, 3.63) is 28.7 Å². The second-order valence-electron chi connectivity index (χ2n) is 5.27. The lowest BCUT2D eigenvalue weighted by atomic mass is 10.00. The van der Waals surface area contributed by atoms with Crippen LogP contribution in [0.15, 0.2) is 28.7 Å². The quantitative estimate of drug-likeness (QED) is 0.919. The molecule has 1 aromatic carbocycles. The van der Waals surface area contributed by atoms with Gasteiger partial charge in [0.15, 0.2) is 0 Å². The van der Waals surface area contributed by atoms with E-state index in [0.717, 1.165) is 29.7 Å². The Labute approximate surface area is 123 Å². The van der Waals surface area contributed by atoms with Crippen LogP contribution in [0.5, 0.6) is 0 Å². The zero-order chi connectivity index (χ0) is 13.7. The number of carbonyl (C=O) groups is 1. The number of likely N-dealkylation sites (tertiary alicyclic amines) is 1. The average molecular weight is 325 g/mol. The van der Waals surface area contributed by atoms with Gasteiger partial charge in [-0.25, -0.2) is 0 Å². The Morgan fingerprint density at radius 1 is 1.42 bits per heavy atom. The highest BCUT2D eigenvalue weighted by atomic mass is 79.9. The van der Waals surface area contributed by atoms with Crippen molar-refractivity contribution in [3.8, 4) is 0 Å². The zero-order valence-electron chi connectivity index (χ0n) is 11.4. The van der Waals surface area contributed by atoms with Gasteiger partial charge in [0.2, 0.25) is 5.91 Å². The van der Waals surface area contributed by atoms with Gasteiger partial charge in [-0.2, -0.15) is 0 Å². The van der Waals surface area contributed by atoms with Gasteiger partial charge in [0.25, 0.3) is 0 Å². The lowest BCUT2D eigenvalue weighted by Gasteiger charge is -2.31. The van der Waals surface area contributed by atoms with Gasteiger partial charge in [-0.05, 0) is 43.0 Å². The summed E-state index contributed by atoms with van der Waals surface area (Å²) in [7, 11) is 0. The number of nitrogens with one attached hydrogen (secondary N) is 1. The predicted molar refractivity (Wildman–Crippen MR) is 82.2 cm³/mol. The number of piperidine rings is 1. The summed E-state index contributed by atoms with van der Waals surface area (Å²) in [6, 6.07) is 8.02. The van der Waals surface area contributed by atoms with Crippen LogP contribution in [0.1, 0.15) is 26.2 Å². The number of hydrogen-bond donors (Lipinski definition) is 1. The van der Waals surface area contributed by atoms with Crippen molar-refractivity contribution >= 4 is 27.5 Å². The third kappa shape index (κ3) is 4.53. The van der Waals surface area contributed by atoms with Gasteiger partial charge in [0.1, 0.15) is 0 Å². The maximum atomic E-state index is 12.1. The van der Waals surface area contributed by atoms with E-state index in [1.165, 1.54) is 6.42 Å². The van der Waals surface area contributed by atoms with Crippen molar-refractivity contribution in [1.29, 1.82) is 0 Å². The third-order valence-corrected chi connectivity index (χ3v) is 4.05. The summed E-state index contributed by atoms with van der Waals surface area (Å²) in [4.78, 5) is 14.1. The van der Waals surface area contributed by atoms with Gasteiger partial charge in [-0.1, -0.05) is 22.9 Å². The molecule has 1 unspecified atom stereocenters. The fourth-order valence-electron chi connectivity index (χ4n) is 2.46. The summed E-state index contributed by atoms with van der Waals surface area (Å²) in [6.07, 6.45) is 2.97. The molecule has 2 rings (SSSR count). The first kappa shape index (κ1) is 14.4. The number of anilines is 1. The fraction of sp³-hybridized carbons (Fsp3) is 0.533. The number of rotatable bonds is 4. The van der Waals surface area contributed by atoms with Crippen LogP contribution >= 0.6 is 15.9 Å². The maximum Gasteiger partial charge on any atom is 0.224 e. The zero-order valence-corrected chi connectivity index (χ0v) is 12.9. The summed E-state index contributed by atoms with van der Waals surface area (Å²) in [5.74, 6) is 0.924. The first-order valence-electron chi connectivity index (χ1n) is 6.92. The second-order valence-corrected chi connectivity index (χ2v) is 6.19. The topological polar surface area (TPSA) is 32.3 Å². The van der Waals surface area contributed by atoms with Crippen LogP contribution < -0.4 is 5.32 Å². The van der Waals surface area contributed by atoms with Crippen LogP contribution in [-0.2, 0) is 4.79 Å². The van der Waals surface area contributed by atoms with Gasteiger partial charge >= 0.3 is 0 Å². The molecule has 1 N–H and O–H groups in total. The molecule has 3 nitrogen and oxygen atoms in total. The maximum absolute atomic E-state index is 12.1. The molecular formula is C15H21BrN2O. The molecule has 1 atom stereocenters. The summed E-state index contributed by atoms with van der Waals surface area (Å²) < 4.78 is 1.07. The Kier molecular flexibility index (Phi) is 5.25. The normalized spacial score (nSPS) is 19.3. The van der Waals surface area contributed by atoms with Crippen LogP contribution in [-0.4, -0.2) is 30.4 Å². The SMILES string of the molecule is CC1CCCN(C(=O)CCNc2ccc(Br)cc2)C1. The molecule has 1 aliphatic heterocycles. The van der Waals surface area contributed by atoms with E-state index in [1.807, 2.05) is 29.2 Å². The molecule has 1 aromatic rings. The van der Waals surface area contributed by atoms with E-state index in [-0.39, 0.29) is 5.91 Å². The Balaban J connectivity index is 1.73. The number of amides is 1. The molecule has 0 bridgehead atoms. The molecule has 1 fully saturated rings. The minimum absolute atomic E-state index is 0.274. The number of halogens is 1. The molecule has 19 heavy (non-hydrogen) atoms. The lowest BCUT2D eigenvalue weighted by Crippen LogP contribution is -2.39. The summed E-state index contributed by atoms with van der Waals surface area (Å²) >= 11 is 3.41. The first-order valence-corrected chi connectivity index (χ1v) is 7.71. The van der Waals surface area contributed by atoms with Crippen molar-refractivity contribution in [2.75, 3.05) is 25.0 Å². The standard InChI is InChI=1S/C15H21BrN2O/c1-12-3-2-10-18(11-12)15(19)8-9-17-14-6-4-13(16)5-7-14/h4-7,12,17H,2-3,8-11H2,1H3. The summed E-state index contributed by atoms with van der Waals surface area (Å²) in [5.41, 5.74) is 1.06. The van der Waals surface area contributed by atoms with Crippen LogP contribution in [0.25, 0.3) is 0 Å². The Bertz CT molecular complexity index is 419. The van der Waals surface area contributed by atoms with Crippen LogP contribution in [0, 0.1) is 5.92 Å². The molecule has 1 heterocycles. The Morgan fingerprint density at radius 2 is 2.16 bits per heavy atom. The van der Waals surface area contributed by atoms with Crippen molar-refractivity contribution in [3.63, 3.8) is 0 Å². The van der Waals surface area contributed by atoms with E-state index < -0.39 is 0 Å². The highest BCUT2D eigenvalue weighted by Crippen LogP contribution is 2.17. The van der Waals surface area contributed by atoms with E-state index in [0.29, 0.717) is 18.9 Å². The summed E-state index contributed by atoms with van der Waals surface area (Å²) in [6.45, 7) is 4.78. The number of nitrogens with zero attached hydrogens (tertiary/aromatic N) is 1. The van der Waals surface area contributed by atoms with E-state index >= 15 is 0 Å². The van der Waals surface area contributed by atoms with Gasteiger partial charge in [-0.15, -0.1) is 0 Å². The molecule has 1 aliphatic rings. The minimum atomic E-state index is 0.274. The molecule has 0 aromatic heterocycles. The molecule has 104 valence electrons. The number of carbonyl (C=O) groups excluding carboxylic acids is 1. The van der Waals surface area contributed by atoms with Gasteiger partial charge in [0.05, 0.1) is 0 Å². The molecule has 1 amide bonds. The third-order valence-electron chi connectivity index (χ3n) is 3.52. The van der Waals surface area contributed by atoms with Crippen LogP contribution in [0.3, 0.4) is 0 Å². The Morgan fingerprint density at radius 3 is 2.84 bits per heavy atom. The Hall–Kier alpha value is -1.03. The average Bonchev–Trinajstić information content (AvgIpc) is 2.41. The van der Waals surface area contributed by atoms with E-state index in [9.17, 15) is 4.79 Å². The highest BCUT2D eigenvalue weighted by Gasteiger charge is 2.20. The molecule has 1 saturated heterocycles. The van der Waals surface area contributed by atoms with Crippen molar-refractivity contribution in [2.24, 2.45) is 5.92 Å². The lowest BCUT2D eigenvalue weighted by molar-refractivity contribution is -0.132. The van der Waals surface area contributed by atoms with Crippen LogP contribution in [0.4, 0.5) is 5.69 Å². The van der Waals surface area contributed by atoms with Gasteiger partial charge in [-0.3, -0.25) is 4.79 Å². The summed E-state index contributed by atoms with van der Waals surface area (Å²) in [5, 5.41) is 3.28. The number of hydrogen-bond acceptors (Lipinski definition) is 2. The highest BCUT2D eigenvalue weighted by molar-refractivity contribution is 9.10. The van der Waals surface area contributed by atoms with Crippen molar-refractivity contribution in [2.45, 2.75) is 26.2 Å². The fourth-order valence-corrected chi connectivity index (χ4v) is 2.72. The molecule has 0 radical (unpaired) electrons. The monoisotopic (exact) mass is 324 g/mol.